The third kappa shape index (κ3) is 5.36. The van der Waals surface area contributed by atoms with Gasteiger partial charge in [0.15, 0.2) is 12.4 Å². The average molecular weight is 298 g/mol. The van der Waals surface area contributed by atoms with E-state index in [4.69, 9.17) is 4.74 Å². The van der Waals surface area contributed by atoms with Gasteiger partial charge in [-0.3, -0.25) is 4.79 Å². The lowest BCUT2D eigenvalue weighted by Gasteiger charge is -2.03. The van der Waals surface area contributed by atoms with Crippen LogP contribution in [0.3, 0.4) is 0 Å². The first-order chi connectivity index (χ1) is 10.8. The third-order valence-corrected chi connectivity index (χ3v) is 2.86. The number of benzene rings is 1. The fraction of sp³-hybridized carbons (Fsp3) is 0.235. The molecule has 1 N–H and O–H groups in total. The van der Waals surface area contributed by atoms with Crippen molar-refractivity contribution in [2.45, 2.75) is 19.9 Å². The first-order valence-corrected chi connectivity index (χ1v) is 7.27. The van der Waals surface area contributed by atoms with Gasteiger partial charge in [-0.05, 0) is 36.2 Å². The first kappa shape index (κ1) is 15.7. The summed E-state index contributed by atoms with van der Waals surface area (Å²) in [4.78, 5) is 11.7. The normalized spacial score (nSPS) is 10.6. The lowest BCUT2D eigenvalue weighted by Crippen LogP contribution is -2.40. The van der Waals surface area contributed by atoms with Gasteiger partial charge in [-0.15, -0.1) is 0 Å². The summed E-state index contributed by atoms with van der Waals surface area (Å²) in [7, 11) is 0. The van der Waals surface area contributed by atoms with Gasteiger partial charge in [-0.1, -0.05) is 13.0 Å². The molecule has 0 fully saturated rings. The molecule has 0 bridgehead atoms. The SMILES string of the molecule is CCCOc1ccc(/C=N/NC(=O)C[n+]2ccccc2)cc1. The van der Waals surface area contributed by atoms with E-state index in [0.29, 0.717) is 6.61 Å². The molecular weight excluding hydrogens is 278 g/mol. The van der Waals surface area contributed by atoms with Crippen LogP contribution in [0.5, 0.6) is 5.75 Å². The molecule has 0 saturated heterocycles. The number of hydrazone groups is 1. The van der Waals surface area contributed by atoms with Crippen LogP contribution in [-0.4, -0.2) is 18.7 Å². The maximum absolute atomic E-state index is 11.7. The molecule has 5 heteroatoms. The maximum atomic E-state index is 11.7. The Morgan fingerprint density at radius 1 is 1.23 bits per heavy atom. The molecule has 0 atom stereocenters. The van der Waals surface area contributed by atoms with Crippen LogP contribution in [0, 0.1) is 0 Å². The van der Waals surface area contributed by atoms with Crippen molar-refractivity contribution < 1.29 is 14.1 Å². The summed E-state index contributed by atoms with van der Waals surface area (Å²) in [5.74, 6) is 0.666. The number of carbonyl (C=O) groups is 1. The summed E-state index contributed by atoms with van der Waals surface area (Å²) < 4.78 is 7.28. The van der Waals surface area contributed by atoms with Crippen molar-refractivity contribution in [3.05, 3.63) is 60.4 Å². The zero-order chi connectivity index (χ0) is 15.6. The molecule has 114 valence electrons. The van der Waals surface area contributed by atoms with Gasteiger partial charge in [0.2, 0.25) is 6.54 Å². The highest BCUT2D eigenvalue weighted by molar-refractivity contribution is 5.82. The molecule has 2 rings (SSSR count). The number of aromatic nitrogens is 1. The number of carbonyl (C=O) groups excluding carboxylic acids is 1. The zero-order valence-corrected chi connectivity index (χ0v) is 12.6. The monoisotopic (exact) mass is 298 g/mol. The quantitative estimate of drug-likeness (QED) is 0.482. The number of ether oxygens (including phenoxy) is 1. The Labute approximate surface area is 130 Å². The average Bonchev–Trinajstić information content (AvgIpc) is 2.55. The molecule has 1 amide bonds. The van der Waals surface area contributed by atoms with Crippen LogP contribution in [0.25, 0.3) is 0 Å². The smallest absolute Gasteiger partial charge is 0.305 e. The highest BCUT2D eigenvalue weighted by atomic mass is 16.5. The minimum Gasteiger partial charge on any atom is -0.494 e. The highest BCUT2D eigenvalue weighted by Crippen LogP contribution is 2.11. The van der Waals surface area contributed by atoms with Crippen LogP contribution in [0.1, 0.15) is 18.9 Å². The number of rotatable bonds is 7. The first-order valence-electron chi connectivity index (χ1n) is 7.27. The Morgan fingerprint density at radius 2 is 1.95 bits per heavy atom. The topological polar surface area (TPSA) is 54.6 Å². The minimum absolute atomic E-state index is 0.171. The Bertz CT molecular complexity index is 610. The highest BCUT2D eigenvalue weighted by Gasteiger charge is 2.06. The van der Waals surface area contributed by atoms with E-state index in [9.17, 15) is 4.79 Å². The van der Waals surface area contributed by atoms with Gasteiger partial charge in [0.25, 0.3) is 0 Å². The Morgan fingerprint density at radius 3 is 2.64 bits per heavy atom. The predicted octanol–water partition coefficient (Wildman–Crippen LogP) is 1.91. The van der Waals surface area contributed by atoms with Crippen LogP contribution in [0.15, 0.2) is 60.0 Å². The second-order valence-electron chi connectivity index (χ2n) is 4.76. The summed E-state index contributed by atoms with van der Waals surface area (Å²) in [6.45, 7) is 3.01. The molecule has 0 saturated carbocycles. The van der Waals surface area contributed by atoms with E-state index in [1.807, 2.05) is 54.9 Å². The Hall–Kier alpha value is -2.69. The van der Waals surface area contributed by atoms with E-state index in [-0.39, 0.29) is 12.5 Å². The number of nitrogens with zero attached hydrogens (tertiary/aromatic N) is 2. The van der Waals surface area contributed by atoms with Crippen molar-refractivity contribution in [1.29, 1.82) is 0 Å². The van der Waals surface area contributed by atoms with Crippen molar-refractivity contribution in [2.24, 2.45) is 5.10 Å². The molecule has 5 nitrogen and oxygen atoms in total. The van der Waals surface area contributed by atoms with Gasteiger partial charge in [0, 0.05) is 12.1 Å². The molecule has 0 aliphatic heterocycles. The van der Waals surface area contributed by atoms with Crippen LogP contribution in [0.2, 0.25) is 0 Å². The minimum atomic E-state index is -0.171. The lowest BCUT2D eigenvalue weighted by molar-refractivity contribution is -0.684. The largest absolute Gasteiger partial charge is 0.494 e. The number of hydrogen-bond acceptors (Lipinski definition) is 3. The van der Waals surface area contributed by atoms with Gasteiger partial charge in [-0.25, -0.2) is 5.43 Å². The van der Waals surface area contributed by atoms with Crippen LogP contribution >= 0.6 is 0 Å². The van der Waals surface area contributed by atoms with Gasteiger partial charge in [0.05, 0.1) is 12.8 Å². The summed E-state index contributed by atoms with van der Waals surface area (Å²) >= 11 is 0. The Kier molecular flexibility index (Phi) is 6.11. The van der Waals surface area contributed by atoms with Gasteiger partial charge in [0.1, 0.15) is 5.75 Å². The van der Waals surface area contributed by atoms with Crippen molar-refractivity contribution in [2.75, 3.05) is 6.61 Å². The van der Waals surface area contributed by atoms with Crippen molar-refractivity contribution >= 4 is 12.1 Å². The van der Waals surface area contributed by atoms with E-state index >= 15 is 0 Å². The summed E-state index contributed by atoms with van der Waals surface area (Å²) in [5, 5.41) is 3.95. The standard InChI is InChI=1S/C17H19N3O2/c1-2-12-22-16-8-6-15(7-9-16)13-18-19-17(21)14-20-10-4-3-5-11-20/h3-11,13H,2,12,14H2,1H3/p+1/b18-13+. The maximum Gasteiger partial charge on any atom is 0.305 e. The molecule has 0 aliphatic carbocycles. The van der Waals surface area contributed by atoms with Crippen molar-refractivity contribution in [3.63, 3.8) is 0 Å². The summed E-state index contributed by atoms with van der Waals surface area (Å²) in [5.41, 5.74) is 3.41. The number of amides is 1. The molecule has 1 aromatic carbocycles. The second-order valence-corrected chi connectivity index (χ2v) is 4.76. The fourth-order valence-corrected chi connectivity index (χ4v) is 1.79. The van der Waals surface area contributed by atoms with Crippen LogP contribution in [0.4, 0.5) is 0 Å². The molecule has 0 spiro atoms. The van der Waals surface area contributed by atoms with Crippen LogP contribution in [-0.2, 0) is 11.3 Å². The number of hydrogen-bond donors (Lipinski definition) is 1. The molecule has 22 heavy (non-hydrogen) atoms. The lowest BCUT2D eigenvalue weighted by atomic mass is 10.2. The van der Waals surface area contributed by atoms with Crippen molar-refractivity contribution in [1.82, 2.24) is 5.43 Å². The molecular formula is C17H20N3O2+. The molecule has 0 aliphatic rings. The second kappa shape index (κ2) is 8.56. The van der Waals surface area contributed by atoms with Crippen molar-refractivity contribution in [3.8, 4) is 5.75 Å². The van der Waals surface area contributed by atoms with Gasteiger partial charge < -0.3 is 4.74 Å². The summed E-state index contributed by atoms with van der Waals surface area (Å²) in [6.07, 6.45) is 6.25. The van der Waals surface area contributed by atoms with Gasteiger partial charge >= 0.3 is 5.91 Å². The molecule has 0 radical (unpaired) electrons. The molecule has 0 unspecified atom stereocenters. The van der Waals surface area contributed by atoms with Crippen LogP contribution < -0.4 is 14.7 Å². The van der Waals surface area contributed by atoms with Gasteiger partial charge in [-0.2, -0.15) is 9.67 Å². The molecule has 1 aromatic heterocycles. The van der Waals surface area contributed by atoms with E-state index in [1.165, 1.54) is 0 Å². The molecule has 2 aromatic rings. The summed E-state index contributed by atoms with van der Waals surface area (Å²) in [6, 6.07) is 13.2. The van der Waals surface area contributed by atoms with E-state index < -0.39 is 0 Å². The fourth-order valence-electron chi connectivity index (χ4n) is 1.79. The van der Waals surface area contributed by atoms with E-state index in [0.717, 1.165) is 17.7 Å². The predicted molar refractivity (Wildman–Crippen MR) is 84.6 cm³/mol. The third-order valence-electron chi connectivity index (χ3n) is 2.86. The Balaban J connectivity index is 1.80. The number of pyridine rings is 1. The molecule has 1 heterocycles. The number of nitrogens with one attached hydrogen (secondary N) is 1. The van der Waals surface area contributed by atoms with E-state index in [2.05, 4.69) is 17.5 Å². The zero-order valence-electron chi connectivity index (χ0n) is 12.6. The van der Waals surface area contributed by atoms with E-state index in [1.54, 1.807) is 10.8 Å².